The molecule has 0 radical (unpaired) electrons. The first-order valence-electron chi connectivity index (χ1n) is 9.69. The third-order valence-corrected chi connectivity index (χ3v) is 6.46. The first-order chi connectivity index (χ1) is 15.2. The van der Waals surface area contributed by atoms with E-state index in [1.165, 1.54) is 23.8 Å². The van der Waals surface area contributed by atoms with Crippen LogP contribution < -0.4 is 15.0 Å². The zero-order chi connectivity index (χ0) is 23.0. The van der Waals surface area contributed by atoms with Crippen molar-refractivity contribution in [2.75, 3.05) is 11.8 Å². The van der Waals surface area contributed by atoms with Crippen molar-refractivity contribution < 1.29 is 13.2 Å². The van der Waals surface area contributed by atoms with Crippen molar-refractivity contribution in [2.45, 2.75) is 25.7 Å². The number of ether oxygens (including phenoxy) is 1. The highest BCUT2D eigenvalue weighted by Gasteiger charge is 2.21. The molecule has 0 unspecified atom stereocenters. The van der Waals surface area contributed by atoms with Crippen molar-refractivity contribution in [3.05, 3.63) is 76.2 Å². The molecule has 4 rings (SSSR count). The Balaban J connectivity index is 1.79. The van der Waals surface area contributed by atoms with E-state index in [-0.39, 0.29) is 22.0 Å². The zero-order valence-corrected chi connectivity index (χ0v) is 18.8. The third kappa shape index (κ3) is 3.92. The number of hydrogen-bond acceptors (Lipinski definition) is 7. The fourth-order valence-electron chi connectivity index (χ4n) is 3.34. The number of aryl methyl sites for hydroxylation is 3. The smallest absolute Gasteiger partial charge is 0.263 e. The summed E-state index contributed by atoms with van der Waals surface area (Å²) in [5.41, 5.74) is 3.38. The quantitative estimate of drug-likeness (QED) is 0.496. The fraction of sp³-hybridized carbons (Fsp3) is 0.182. The number of sulfonamides is 1. The molecule has 10 heteroatoms. The Morgan fingerprint density at radius 2 is 1.78 bits per heavy atom. The molecule has 4 aromatic heterocycles. The summed E-state index contributed by atoms with van der Waals surface area (Å²) < 4.78 is 35.3. The Hall–Kier alpha value is -3.79. The van der Waals surface area contributed by atoms with Gasteiger partial charge in [-0.15, -0.1) is 0 Å². The van der Waals surface area contributed by atoms with Gasteiger partial charge in [0.25, 0.3) is 15.6 Å². The Morgan fingerprint density at radius 3 is 2.50 bits per heavy atom. The van der Waals surface area contributed by atoms with Gasteiger partial charge in [0.15, 0.2) is 0 Å². The summed E-state index contributed by atoms with van der Waals surface area (Å²) in [6, 6.07) is 8.25. The maximum absolute atomic E-state index is 13.0. The molecule has 0 atom stereocenters. The number of hydrogen-bond donors (Lipinski definition) is 1. The van der Waals surface area contributed by atoms with Gasteiger partial charge in [-0.05, 0) is 51.1 Å². The lowest BCUT2D eigenvalue weighted by atomic mass is 10.1. The molecule has 4 heterocycles. The van der Waals surface area contributed by atoms with Crippen LogP contribution in [0.25, 0.3) is 16.8 Å². The van der Waals surface area contributed by atoms with Gasteiger partial charge in [0.1, 0.15) is 16.2 Å². The number of methoxy groups -OCH3 is 1. The summed E-state index contributed by atoms with van der Waals surface area (Å²) in [7, 11) is -2.53. The number of aromatic nitrogens is 4. The first kappa shape index (κ1) is 21.4. The molecule has 0 saturated heterocycles. The maximum Gasteiger partial charge on any atom is 0.263 e. The van der Waals surface area contributed by atoms with Crippen LogP contribution in [-0.2, 0) is 10.0 Å². The summed E-state index contributed by atoms with van der Waals surface area (Å²) in [4.78, 5) is 25.3. The molecular formula is C22H21N5O4S. The molecule has 0 aliphatic heterocycles. The molecule has 0 aliphatic carbocycles. The van der Waals surface area contributed by atoms with E-state index in [9.17, 15) is 13.2 Å². The fourth-order valence-corrected chi connectivity index (χ4v) is 4.57. The lowest BCUT2D eigenvalue weighted by Gasteiger charge is -2.14. The second-order valence-electron chi connectivity index (χ2n) is 7.31. The number of rotatable bonds is 5. The molecule has 1 N–H and O–H groups in total. The van der Waals surface area contributed by atoms with Gasteiger partial charge in [-0.1, -0.05) is 0 Å². The van der Waals surface area contributed by atoms with Crippen molar-refractivity contribution in [2.24, 2.45) is 0 Å². The lowest BCUT2D eigenvalue weighted by molar-refractivity contribution is 0.400. The minimum Gasteiger partial charge on any atom is -0.480 e. The van der Waals surface area contributed by atoms with E-state index in [1.54, 1.807) is 57.4 Å². The van der Waals surface area contributed by atoms with Crippen LogP contribution in [-0.4, -0.2) is 34.9 Å². The Labute approximate surface area is 184 Å². The van der Waals surface area contributed by atoms with Crippen molar-refractivity contribution in [3.8, 4) is 17.0 Å². The highest BCUT2D eigenvalue weighted by Crippen LogP contribution is 2.30. The highest BCUT2D eigenvalue weighted by atomic mass is 32.2. The summed E-state index contributed by atoms with van der Waals surface area (Å²) >= 11 is 0. The summed E-state index contributed by atoms with van der Waals surface area (Å²) in [5.74, 6) is 0.116. The average molecular weight is 452 g/mol. The van der Waals surface area contributed by atoms with Gasteiger partial charge in [0, 0.05) is 41.0 Å². The highest BCUT2D eigenvalue weighted by molar-refractivity contribution is 7.92. The summed E-state index contributed by atoms with van der Waals surface area (Å²) in [6.45, 7) is 5.12. The van der Waals surface area contributed by atoms with Crippen molar-refractivity contribution in [1.82, 2.24) is 19.4 Å². The second kappa shape index (κ2) is 8.04. The zero-order valence-electron chi connectivity index (χ0n) is 17.9. The number of nitrogens with one attached hydrogen (secondary N) is 1. The molecule has 0 aromatic carbocycles. The molecule has 32 heavy (non-hydrogen) atoms. The predicted octanol–water partition coefficient (Wildman–Crippen LogP) is 2.89. The molecule has 0 spiro atoms. The Kier molecular flexibility index (Phi) is 5.39. The molecule has 164 valence electrons. The van der Waals surface area contributed by atoms with Crippen molar-refractivity contribution >= 4 is 21.4 Å². The van der Waals surface area contributed by atoms with Gasteiger partial charge in [-0.3, -0.25) is 18.9 Å². The number of pyridine rings is 3. The van der Waals surface area contributed by atoms with Gasteiger partial charge in [0.2, 0.25) is 5.88 Å². The van der Waals surface area contributed by atoms with Crippen LogP contribution in [0, 0.1) is 20.8 Å². The molecule has 0 fully saturated rings. The van der Waals surface area contributed by atoms with Crippen LogP contribution in [0.15, 0.2) is 58.6 Å². The van der Waals surface area contributed by atoms with Crippen LogP contribution in [0.1, 0.15) is 17.0 Å². The number of nitrogens with zero attached hydrogens (tertiary/aromatic N) is 4. The van der Waals surface area contributed by atoms with E-state index in [0.29, 0.717) is 28.0 Å². The van der Waals surface area contributed by atoms with E-state index < -0.39 is 10.0 Å². The van der Waals surface area contributed by atoms with Gasteiger partial charge in [-0.2, -0.15) is 0 Å². The Bertz CT molecular complexity index is 1510. The van der Waals surface area contributed by atoms with Gasteiger partial charge in [-0.25, -0.2) is 18.4 Å². The average Bonchev–Trinajstić information content (AvgIpc) is 2.75. The van der Waals surface area contributed by atoms with Crippen molar-refractivity contribution in [1.29, 1.82) is 0 Å². The second-order valence-corrected chi connectivity index (χ2v) is 8.97. The van der Waals surface area contributed by atoms with E-state index in [4.69, 9.17) is 4.74 Å². The number of fused-ring (bicyclic) bond motifs is 1. The normalized spacial score (nSPS) is 11.5. The molecule has 4 aromatic rings. The molecule has 0 bridgehead atoms. The molecule has 0 aliphatic rings. The molecule has 0 saturated carbocycles. The van der Waals surface area contributed by atoms with Crippen LogP contribution in [0.2, 0.25) is 0 Å². The summed E-state index contributed by atoms with van der Waals surface area (Å²) in [5, 5.41) is 0. The van der Waals surface area contributed by atoms with Crippen LogP contribution in [0.4, 0.5) is 5.69 Å². The lowest BCUT2D eigenvalue weighted by Crippen LogP contribution is -2.17. The monoisotopic (exact) mass is 451 g/mol. The third-order valence-electron chi connectivity index (χ3n) is 4.96. The van der Waals surface area contributed by atoms with E-state index in [2.05, 4.69) is 19.7 Å². The van der Waals surface area contributed by atoms with Gasteiger partial charge in [0.05, 0.1) is 12.8 Å². The van der Waals surface area contributed by atoms with Crippen LogP contribution >= 0.6 is 0 Å². The largest absolute Gasteiger partial charge is 0.480 e. The standard InChI is InChI=1S/C22H21N5O4S/c1-13-10-23-20-8-6-16(12-27(20)22(13)28)17-9-18(21(31-4)24-11-17)26-32(29,30)19-7-5-14(2)25-15(19)3/h5-12,26H,1-4H3. The SMILES string of the molecule is COc1ncc(-c2ccc3ncc(C)c(=O)n3c2)cc1NS(=O)(=O)c1ccc(C)nc1C. The maximum atomic E-state index is 13.0. The molecular weight excluding hydrogens is 430 g/mol. The van der Waals surface area contributed by atoms with Crippen LogP contribution in [0.5, 0.6) is 5.88 Å². The minimum absolute atomic E-state index is 0.0642. The van der Waals surface area contributed by atoms with E-state index >= 15 is 0 Å². The van der Waals surface area contributed by atoms with E-state index in [0.717, 1.165) is 5.69 Å². The van der Waals surface area contributed by atoms with Gasteiger partial charge >= 0.3 is 0 Å². The van der Waals surface area contributed by atoms with Gasteiger partial charge < -0.3 is 4.74 Å². The predicted molar refractivity (Wildman–Crippen MR) is 121 cm³/mol. The minimum atomic E-state index is -3.94. The van der Waals surface area contributed by atoms with E-state index in [1.807, 2.05) is 0 Å². The number of anilines is 1. The Morgan fingerprint density at radius 1 is 1.00 bits per heavy atom. The molecule has 0 amide bonds. The first-order valence-corrected chi connectivity index (χ1v) is 11.2. The van der Waals surface area contributed by atoms with Crippen molar-refractivity contribution in [3.63, 3.8) is 0 Å². The van der Waals surface area contributed by atoms with Crippen LogP contribution in [0.3, 0.4) is 0 Å². The summed E-state index contributed by atoms with van der Waals surface area (Å²) in [6.07, 6.45) is 4.72. The topological polar surface area (TPSA) is 116 Å². The molecule has 9 nitrogen and oxygen atoms in total.